The van der Waals surface area contributed by atoms with Crippen LogP contribution in [0.25, 0.3) is 10.9 Å². The molecule has 7 heteroatoms. The standard InChI is InChI=1S/C27H19Cl2N3OS/c28-21-13-12-18(15-22(21)29)24-20(16-30)26(34)31-27(33,19-9-2-1-3-10-19)25(24)32-14-6-8-17-7-4-5-11-23(17)32/h1-15,24-25,31,33H/p+1/t24-,25+,27+/m1/s1. The van der Waals surface area contributed by atoms with Gasteiger partial charge in [-0.1, -0.05) is 71.7 Å². The van der Waals surface area contributed by atoms with E-state index in [1.807, 2.05) is 83.6 Å². The normalized spacial score (nSPS) is 22.3. The molecule has 3 atom stereocenters. The maximum absolute atomic E-state index is 12.4. The second-order valence-corrected chi connectivity index (χ2v) is 9.46. The molecule has 0 saturated carbocycles. The molecule has 1 aliphatic rings. The fourth-order valence-electron chi connectivity index (χ4n) is 4.77. The lowest BCUT2D eigenvalue weighted by Gasteiger charge is -2.42. The first-order chi connectivity index (χ1) is 16.4. The Morgan fingerprint density at radius 3 is 2.38 bits per heavy atom. The summed E-state index contributed by atoms with van der Waals surface area (Å²) in [6.07, 6.45) is 1.92. The number of hydrogen-bond donors (Lipinski definition) is 3. The second-order valence-electron chi connectivity index (χ2n) is 8.20. The Bertz CT molecular complexity index is 1460. The number of halogens is 2. The molecule has 3 aromatic carbocycles. The van der Waals surface area contributed by atoms with Crippen molar-refractivity contribution in [1.82, 2.24) is 5.32 Å². The molecule has 2 N–H and O–H groups in total. The molecule has 4 nitrogen and oxygen atoms in total. The van der Waals surface area contributed by atoms with Crippen LogP contribution in [0.15, 0.2) is 102 Å². The Hall–Kier alpha value is -3.01. The number of nitrogens with zero attached hydrogens (tertiary/aromatic N) is 2. The average Bonchev–Trinajstić information content (AvgIpc) is 2.86. The number of rotatable bonds is 3. The zero-order chi connectivity index (χ0) is 23.9. The van der Waals surface area contributed by atoms with Gasteiger partial charge in [0.15, 0.2) is 6.20 Å². The zero-order valence-corrected chi connectivity index (χ0v) is 20.3. The highest BCUT2D eigenvalue weighted by atomic mass is 35.5. The van der Waals surface area contributed by atoms with Crippen LogP contribution in [0.2, 0.25) is 10.0 Å². The van der Waals surface area contributed by atoms with E-state index >= 15 is 0 Å². The molecule has 5 rings (SSSR count). The highest BCUT2D eigenvalue weighted by Gasteiger charge is 2.56. The number of hydrogen-bond acceptors (Lipinski definition) is 4. The molecule has 0 aliphatic carbocycles. The number of thiol groups is 1. The number of nitrogens with one attached hydrogen (secondary N) is 1. The van der Waals surface area contributed by atoms with Crippen LogP contribution in [0.1, 0.15) is 23.1 Å². The van der Waals surface area contributed by atoms with Gasteiger partial charge in [-0.3, -0.25) is 0 Å². The average molecular weight is 505 g/mol. The molecule has 0 spiro atoms. The van der Waals surface area contributed by atoms with Crippen LogP contribution < -0.4 is 9.88 Å². The minimum absolute atomic E-state index is 0.307. The van der Waals surface area contributed by atoms with Crippen molar-refractivity contribution in [1.29, 1.82) is 5.26 Å². The van der Waals surface area contributed by atoms with E-state index in [0.717, 1.165) is 16.5 Å². The molecule has 0 fully saturated rings. The number of fused-ring (bicyclic) bond motifs is 1. The van der Waals surface area contributed by atoms with Gasteiger partial charge >= 0.3 is 0 Å². The van der Waals surface area contributed by atoms with Crippen molar-refractivity contribution in [3.8, 4) is 6.07 Å². The molecule has 0 unspecified atom stereocenters. The van der Waals surface area contributed by atoms with Crippen molar-refractivity contribution >= 4 is 46.7 Å². The largest absolute Gasteiger partial charge is 0.362 e. The molecule has 0 radical (unpaired) electrons. The molecule has 0 bridgehead atoms. The van der Waals surface area contributed by atoms with Gasteiger partial charge in [0.05, 0.1) is 32.6 Å². The van der Waals surface area contributed by atoms with Crippen LogP contribution in [-0.2, 0) is 5.72 Å². The fourth-order valence-corrected chi connectivity index (χ4v) is 5.43. The van der Waals surface area contributed by atoms with E-state index < -0.39 is 17.7 Å². The summed E-state index contributed by atoms with van der Waals surface area (Å²) < 4.78 is 2.01. The first kappa shape index (κ1) is 22.8. The summed E-state index contributed by atoms with van der Waals surface area (Å²) in [5.41, 5.74) is 1.11. The number of nitriles is 1. The van der Waals surface area contributed by atoms with Gasteiger partial charge in [-0.2, -0.15) is 9.83 Å². The van der Waals surface area contributed by atoms with Gasteiger partial charge in [0, 0.05) is 23.1 Å². The van der Waals surface area contributed by atoms with Crippen molar-refractivity contribution in [2.24, 2.45) is 0 Å². The number of pyridine rings is 1. The lowest BCUT2D eigenvalue weighted by molar-refractivity contribution is -0.720. The summed E-state index contributed by atoms with van der Waals surface area (Å²) in [7, 11) is 0. The quantitative estimate of drug-likeness (QED) is 0.241. The van der Waals surface area contributed by atoms with E-state index in [9.17, 15) is 10.4 Å². The first-order valence-corrected chi connectivity index (χ1v) is 11.9. The Morgan fingerprint density at radius 2 is 1.65 bits per heavy atom. The van der Waals surface area contributed by atoms with E-state index in [1.165, 1.54) is 0 Å². The number of benzene rings is 3. The fraction of sp³-hybridized carbons (Fsp3) is 0.111. The molecule has 0 amide bonds. The number of para-hydroxylation sites is 1. The van der Waals surface area contributed by atoms with E-state index in [4.69, 9.17) is 23.2 Å². The van der Waals surface area contributed by atoms with E-state index in [-0.39, 0.29) is 0 Å². The van der Waals surface area contributed by atoms with Crippen LogP contribution >= 0.6 is 35.8 Å². The summed E-state index contributed by atoms with van der Waals surface area (Å²) in [6, 6.07) is 28.2. The maximum Gasteiger partial charge on any atom is 0.227 e. The van der Waals surface area contributed by atoms with Gasteiger partial charge in [0.1, 0.15) is 0 Å². The lowest BCUT2D eigenvalue weighted by atomic mass is 9.75. The van der Waals surface area contributed by atoms with Gasteiger partial charge in [-0.25, -0.2) is 0 Å². The number of aromatic nitrogens is 1. The van der Waals surface area contributed by atoms with Crippen molar-refractivity contribution < 1.29 is 9.67 Å². The monoisotopic (exact) mass is 504 g/mol. The molecule has 34 heavy (non-hydrogen) atoms. The van der Waals surface area contributed by atoms with Crippen LogP contribution in [-0.4, -0.2) is 5.11 Å². The highest BCUT2D eigenvalue weighted by Crippen LogP contribution is 2.48. The Morgan fingerprint density at radius 1 is 0.941 bits per heavy atom. The number of aliphatic hydroxyl groups is 1. The van der Waals surface area contributed by atoms with Crippen molar-refractivity contribution in [2.45, 2.75) is 17.7 Å². The van der Waals surface area contributed by atoms with E-state index in [2.05, 4.69) is 24.0 Å². The minimum Gasteiger partial charge on any atom is -0.362 e. The summed E-state index contributed by atoms with van der Waals surface area (Å²) in [5.74, 6) is -0.575. The van der Waals surface area contributed by atoms with Crippen LogP contribution in [0.4, 0.5) is 0 Å². The smallest absolute Gasteiger partial charge is 0.227 e. The highest BCUT2D eigenvalue weighted by molar-refractivity contribution is 7.84. The molecular formula is C27H20Cl2N3OS+. The van der Waals surface area contributed by atoms with Gasteiger partial charge in [0.2, 0.25) is 17.3 Å². The topological polar surface area (TPSA) is 59.9 Å². The molecule has 1 aromatic heterocycles. The summed E-state index contributed by atoms with van der Waals surface area (Å²) in [4.78, 5) is 0. The first-order valence-electron chi connectivity index (χ1n) is 10.7. The molecule has 168 valence electrons. The van der Waals surface area contributed by atoms with Crippen molar-refractivity contribution in [3.63, 3.8) is 0 Å². The van der Waals surface area contributed by atoms with Gasteiger partial charge in [0.25, 0.3) is 0 Å². The Balaban J connectivity index is 1.87. The molecule has 2 heterocycles. The molecular weight excluding hydrogens is 485 g/mol. The zero-order valence-electron chi connectivity index (χ0n) is 17.9. The van der Waals surface area contributed by atoms with E-state index in [0.29, 0.717) is 26.2 Å². The molecule has 4 aromatic rings. The Labute approximate surface area is 213 Å². The third-order valence-electron chi connectivity index (χ3n) is 6.29. The van der Waals surface area contributed by atoms with Gasteiger partial charge in [-0.15, -0.1) is 12.6 Å². The maximum atomic E-state index is 12.4. The minimum atomic E-state index is -1.59. The summed E-state index contributed by atoms with van der Waals surface area (Å²) in [5, 5.41) is 27.8. The van der Waals surface area contributed by atoms with Crippen molar-refractivity contribution in [3.05, 3.63) is 123 Å². The SMILES string of the molecule is N#CC1=C(S)N[C@](O)(c2ccccc2)[C@@H]([n+]2cccc3ccccc32)[C@@H]1c1ccc(Cl)c(Cl)c1. The van der Waals surface area contributed by atoms with Gasteiger partial charge < -0.3 is 10.4 Å². The van der Waals surface area contributed by atoms with Crippen LogP contribution in [0.3, 0.4) is 0 Å². The lowest BCUT2D eigenvalue weighted by Crippen LogP contribution is -2.62. The van der Waals surface area contributed by atoms with Crippen LogP contribution in [0, 0.1) is 11.3 Å². The van der Waals surface area contributed by atoms with Crippen LogP contribution in [0.5, 0.6) is 0 Å². The second kappa shape index (κ2) is 8.98. The number of allylic oxidation sites excluding steroid dienone is 1. The van der Waals surface area contributed by atoms with Crippen molar-refractivity contribution in [2.75, 3.05) is 0 Å². The third-order valence-corrected chi connectivity index (χ3v) is 7.38. The Kier molecular flexibility index (Phi) is 6.01. The third kappa shape index (κ3) is 3.73. The molecule has 0 saturated heterocycles. The summed E-state index contributed by atoms with van der Waals surface area (Å²) in [6.45, 7) is 0. The molecule has 1 aliphatic heterocycles. The summed E-state index contributed by atoms with van der Waals surface area (Å²) >= 11 is 17.2. The van der Waals surface area contributed by atoms with Gasteiger partial charge in [-0.05, 0) is 29.8 Å². The van der Waals surface area contributed by atoms with E-state index in [1.54, 1.807) is 12.1 Å². The predicted octanol–water partition coefficient (Wildman–Crippen LogP) is 5.87. The predicted molar refractivity (Wildman–Crippen MR) is 137 cm³/mol.